The third-order valence-corrected chi connectivity index (χ3v) is 5.28. The molecule has 2 aromatic carbocycles. The number of methoxy groups -OCH3 is 2. The fraction of sp³-hybridized carbons (Fsp3) is 0.318. The number of benzene rings is 2. The van der Waals surface area contributed by atoms with Crippen molar-refractivity contribution < 1.29 is 13.9 Å². The van der Waals surface area contributed by atoms with Crippen LogP contribution >= 0.6 is 0 Å². The Balaban J connectivity index is 1.59. The highest BCUT2D eigenvalue weighted by molar-refractivity contribution is 5.91. The zero-order valence-corrected chi connectivity index (χ0v) is 16.4. The van der Waals surface area contributed by atoms with Gasteiger partial charge in [0.2, 0.25) is 0 Å². The Morgan fingerprint density at radius 1 is 0.893 bits per heavy atom. The van der Waals surface area contributed by atoms with Gasteiger partial charge >= 0.3 is 0 Å². The molecular formula is C22H24FN3O2. The fourth-order valence-electron chi connectivity index (χ4n) is 3.77. The summed E-state index contributed by atoms with van der Waals surface area (Å²) in [5.74, 6) is 2.25. The van der Waals surface area contributed by atoms with Crippen LogP contribution in [-0.2, 0) is 0 Å². The minimum absolute atomic E-state index is 0.205. The van der Waals surface area contributed by atoms with Crippen LogP contribution in [0.2, 0.25) is 0 Å². The second kappa shape index (κ2) is 7.54. The molecule has 0 saturated carbocycles. The van der Waals surface area contributed by atoms with E-state index in [1.807, 2.05) is 24.3 Å². The van der Waals surface area contributed by atoms with Gasteiger partial charge in [-0.2, -0.15) is 0 Å². The van der Waals surface area contributed by atoms with Crippen LogP contribution < -0.4 is 19.3 Å². The zero-order valence-electron chi connectivity index (χ0n) is 16.4. The first-order valence-corrected chi connectivity index (χ1v) is 9.38. The SMILES string of the molecule is COc1cc(OC)c2c(C)cc(N3CCN(c4ccc(F)cc4)CC3)nc2c1. The van der Waals surface area contributed by atoms with Gasteiger partial charge in [-0.3, -0.25) is 0 Å². The molecule has 6 heteroatoms. The number of ether oxygens (including phenoxy) is 2. The van der Waals surface area contributed by atoms with Crippen LogP contribution in [0.1, 0.15) is 5.56 Å². The molecule has 1 aromatic heterocycles. The molecule has 2 heterocycles. The Bertz CT molecular complexity index is 983. The van der Waals surface area contributed by atoms with Crippen LogP contribution in [0.25, 0.3) is 10.9 Å². The number of nitrogens with zero attached hydrogens (tertiary/aromatic N) is 3. The molecule has 1 saturated heterocycles. The first-order chi connectivity index (χ1) is 13.6. The number of halogens is 1. The molecule has 0 radical (unpaired) electrons. The molecule has 0 spiro atoms. The van der Waals surface area contributed by atoms with Crippen molar-refractivity contribution >= 4 is 22.4 Å². The second-order valence-corrected chi connectivity index (χ2v) is 6.97. The molecule has 146 valence electrons. The maximum Gasteiger partial charge on any atom is 0.132 e. The van der Waals surface area contributed by atoms with E-state index in [-0.39, 0.29) is 5.82 Å². The summed E-state index contributed by atoms with van der Waals surface area (Å²) in [6.45, 7) is 5.53. The number of anilines is 2. The van der Waals surface area contributed by atoms with Crippen LogP contribution in [0.3, 0.4) is 0 Å². The average Bonchev–Trinajstić information content (AvgIpc) is 2.73. The van der Waals surface area contributed by atoms with Crippen LogP contribution in [-0.4, -0.2) is 45.4 Å². The van der Waals surface area contributed by atoms with E-state index in [9.17, 15) is 4.39 Å². The Hall–Kier alpha value is -3.02. The summed E-state index contributed by atoms with van der Waals surface area (Å²) >= 11 is 0. The van der Waals surface area contributed by atoms with E-state index in [2.05, 4.69) is 22.8 Å². The van der Waals surface area contributed by atoms with Crippen molar-refractivity contribution in [3.8, 4) is 11.5 Å². The molecule has 4 rings (SSSR count). The minimum atomic E-state index is -0.205. The predicted octanol–water partition coefficient (Wildman–Crippen LogP) is 4.03. The van der Waals surface area contributed by atoms with E-state index in [1.165, 1.54) is 12.1 Å². The van der Waals surface area contributed by atoms with Crippen LogP contribution in [0, 0.1) is 12.7 Å². The van der Waals surface area contributed by atoms with Crippen molar-refractivity contribution in [2.24, 2.45) is 0 Å². The molecule has 1 aliphatic rings. The quantitative estimate of drug-likeness (QED) is 0.682. The standard InChI is InChI=1S/C22H24FN3O2/c1-15-12-21(24-19-13-18(27-2)14-20(28-3)22(15)19)26-10-8-25(9-11-26)17-6-4-16(23)5-7-17/h4-7,12-14H,8-11H2,1-3H3. The number of aromatic nitrogens is 1. The zero-order chi connectivity index (χ0) is 19.7. The van der Waals surface area contributed by atoms with Gasteiger partial charge in [-0.1, -0.05) is 0 Å². The maximum absolute atomic E-state index is 13.2. The molecular weight excluding hydrogens is 357 g/mol. The van der Waals surface area contributed by atoms with E-state index < -0.39 is 0 Å². The van der Waals surface area contributed by atoms with Crippen molar-refractivity contribution in [2.75, 3.05) is 50.2 Å². The Morgan fingerprint density at radius 2 is 1.57 bits per heavy atom. The van der Waals surface area contributed by atoms with E-state index in [1.54, 1.807) is 14.2 Å². The first-order valence-electron chi connectivity index (χ1n) is 9.38. The summed E-state index contributed by atoms with van der Waals surface area (Å²) in [6, 6.07) is 12.6. The van der Waals surface area contributed by atoms with E-state index >= 15 is 0 Å². The molecule has 0 aliphatic carbocycles. The number of hydrogen-bond acceptors (Lipinski definition) is 5. The summed E-state index contributed by atoms with van der Waals surface area (Å²) in [4.78, 5) is 9.45. The average molecular weight is 381 g/mol. The maximum atomic E-state index is 13.2. The van der Waals surface area contributed by atoms with Gasteiger partial charge in [0.1, 0.15) is 23.1 Å². The summed E-state index contributed by atoms with van der Waals surface area (Å²) in [5.41, 5.74) is 3.05. The Morgan fingerprint density at radius 3 is 2.21 bits per heavy atom. The van der Waals surface area contributed by atoms with Gasteiger partial charge in [0, 0.05) is 49.4 Å². The smallest absolute Gasteiger partial charge is 0.132 e. The fourth-order valence-corrected chi connectivity index (χ4v) is 3.77. The van der Waals surface area contributed by atoms with Crippen LogP contribution in [0.5, 0.6) is 11.5 Å². The molecule has 3 aromatic rings. The summed E-state index contributed by atoms with van der Waals surface area (Å²) < 4.78 is 24.1. The highest BCUT2D eigenvalue weighted by Gasteiger charge is 2.20. The highest BCUT2D eigenvalue weighted by atomic mass is 19.1. The number of piperazine rings is 1. The highest BCUT2D eigenvalue weighted by Crippen LogP contribution is 2.34. The predicted molar refractivity (Wildman–Crippen MR) is 110 cm³/mol. The van der Waals surface area contributed by atoms with Gasteiger partial charge in [-0.15, -0.1) is 0 Å². The van der Waals surface area contributed by atoms with E-state index in [0.717, 1.165) is 65.6 Å². The van der Waals surface area contributed by atoms with Gasteiger partial charge in [-0.25, -0.2) is 9.37 Å². The number of aryl methyl sites for hydroxylation is 1. The molecule has 5 nitrogen and oxygen atoms in total. The lowest BCUT2D eigenvalue weighted by Crippen LogP contribution is -2.46. The van der Waals surface area contributed by atoms with E-state index in [4.69, 9.17) is 14.5 Å². The molecule has 28 heavy (non-hydrogen) atoms. The lowest BCUT2D eigenvalue weighted by Gasteiger charge is -2.37. The molecule has 0 bridgehead atoms. The molecule has 0 unspecified atom stereocenters. The normalized spacial score (nSPS) is 14.4. The van der Waals surface area contributed by atoms with Crippen LogP contribution in [0.15, 0.2) is 42.5 Å². The molecule has 1 aliphatic heterocycles. The van der Waals surface area contributed by atoms with Gasteiger partial charge in [0.05, 0.1) is 19.7 Å². The largest absolute Gasteiger partial charge is 0.497 e. The molecule has 0 N–H and O–H groups in total. The van der Waals surface area contributed by atoms with Crippen molar-refractivity contribution in [3.05, 3.63) is 53.8 Å². The van der Waals surface area contributed by atoms with Gasteiger partial charge < -0.3 is 19.3 Å². The van der Waals surface area contributed by atoms with Crippen molar-refractivity contribution in [1.82, 2.24) is 4.98 Å². The number of rotatable bonds is 4. The Kier molecular flexibility index (Phi) is 4.94. The Labute approximate surface area is 164 Å². The third-order valence-electron chi connectivity index (χ3n) is 5.28. The lowest BCUT2D eigenvalue weighted by molar-refractivity contribution is 0.397. The molecule has 1 fully saturated rings. The lowest BCUT2D eigenvalue weighted by atomic mass is 10.1. The number of pyridine rings is 1. The molecule has 0 atom stereocenters. The number of hydrogen-bond donors (Lipinski definition) is 0. The summed E-state index contributed by atoms with van der Waals surface area (Å²) in [7, 11) is 3.31. The van der Waals surface area contributed by atoms with Crippen molar-refractivity contribution in [2.45, 2.75) is 6.92 Å². The number of fused-ring (bicyclic) bond motifs is 1. The summed E-state index contributed by atoms with van der Waals surface area (Å²) in [5, 5.41) is 1.01. The van der Waals surface area contributed by atoms with Crippen molar-refractivity contribution in [3.63, 3.8) is 0 Å². The second-order valence-electron chi connectivity index (χ2n) is 6.97. The van der Waals surface area contributed by atoms with Gasteiger partial charge in [-0.05, 0) is 42.8 Å². The monoisotopic (exact) mass is 381 g/mol. The summed E-state index contributed by atoms with van der Waals surface area (Å²) in [6.07, 6.45) is 0. The van der Waals surface area contributed by atoms with Crippen molar-refractivity contribution in [1.29, 1.82) is 0 Å². The minimum Gasteiger partial charge on any atom is -0.497 e. The first kappa shape index (κ1) is 18.3. The third kappa shape index (κ3) is 3.42. The van der Waals surface area contributed by atoms with E-state index in [0.29, 0.717) is 0 Å². The van der Waals surface area contributed by atoms with Gasteiger partial charge in [0.25, 0.3) is 0 Å². The topological polar surface area (TPSA) is 37.8 Å². The van der Waals surface area contributed by atoms with Crippen LogP contribution in [0.4, 0.5) is 15.9 Å². The van der Waals surface area contributed by atoms with Gasteiger partial charge in [0.15, 0.2) is 0 Å². The molecule has 0 amide bonds.